The summed E-state index contributed by atoms with van der Waals surface area (Å²) >= 11 is 0. The number of rotatable bonds is 1. The van der Waals surface area contributed by atoms with Crippen LogP contribution in [0.1, 0.15) is 0 Å². The highest BCUT2D eigenvalue weighted by atomic mass is 19.1. The molecule has 0 saturated heterocycles. The van der Waals surface area contributed by atoms with Gasteiger partial charge >= 0.3 is 0 Å². The monoisotopic (exact) mass is 138 g/mol. The van der Waals surface area contributed by atoms with E-state index in [0.717, 1.165) is 12.3 Å². The van der Waals surface area contributed by atoms with Gasteiger partial charge in [0.15, 0.2) is 0 Å². The van der Waals surface area contributed by atoms with Gasteiger partial charge in [0.1, 0.15) is 5.82 Å². The molecule has 0 aromatic carbocycles. The van der Waals surface area contributed by atoms with Gasteiger partial charge in [0, 0.05) is 11.1 Å². The molecule has 0 unspecified atom stereocenters. The van der Waals surface area contributed by atoms with Crippen LogP contribution in [0.15, 0.2) is 23.6 Å². The van der Waals surface area contributed by atoms with E-state index in [4.69, 9.17) is 5.53 Å². The molecule has 0 aliphatic carbocycles. The van der Waals surface area contributed by atoms with Crippen molar-refractivity contribution in [2.45, 2.75) is 0 Å². The van der Waals surface area contributed by atoms with Gasteiger partial charge in [0.2, 0.25) is 0 Å². The number of hydrogen-bond acceptors (Lipinski definition) is 2. The summed E-state index contributed by atoms with van der Waals surface area (Å²) in [7, 11) is 0. The second-order valence-electron chi connectivity index (χ2n) is 1.55. The number of aromatic nitrogens is 1. The fourth-order valence-corrected chi connectivity index (χ4v) is 0.507. The summed E-state index contributed by atoms with van der Waals surface area (Å²) in [5.74, 6) is -0.509. The van der Waals surface area contributed by atoms with Crippen molar-refractivity contribution < 1.29 is 4.39 Å². The summed E-state index contributed by atoms with van der Waals surface area (Å²) in [5.41, 5.74) is 8.10. The van der Waals surface area contributed by atoms with E-state index in [1.807, 2.05) is 0 Å². The molecule has 0 amide bonds. The lowest BCUT2D eigenvalue weighted by Crippen LogP contribution is -1.73. The molecule has 1 aromatic heterocycles. The summed E-state index contributed by atoms with van der Waals surface area (Å²) in [5, 5.41) is 3.15. The predicted molar refractivity (Wildman–Crippen MR) is 33.0 cm³/mol. The summed E-state index contributed by atoms with van der Waals surface area (Å²) in [4.78, 5) is 5.93. The van der Waals surface area contributed by atoms with Crippen molar-refractivity contribution in [3.63, 3.8) is 0 Å². The molecule has 1 aromatic rings. The highest BCUT2D eigenvalue weighted by Crippen LogP contribution is 2.09. The van der Waals surface area contributed by atoms with Gasteiger partial charge in [0.25, 0.3) is 0 Å². The van der Waals surface area contributed by atoms with Crippen molar-refractivity contribution in [1.29, 1.82) is 0 Å². The van der Waals surface area contributed by atoms with Crippen molar-refractivity contribution in [2.75, 3.05) is 0 Å². The highest BCUT2D eigenvalue weighted by molar-refractivity contribution is 5.32. The van der Waals surface area contributed by atoms with Gasteiger partial charge in [-0.1, -0.05) is 5.11 Å². The fraction of sp³-hybridized carbons (Fsp3) is 0. The van der Waals surface area contributed by atoms with Gasteiger partial charge in [-0.2, -0.15) is 0 Å². The van der Waals surface area contributed by atoms with E-state index in [1.54, 1.807) is 0 Å². The number of azide groups is 1. The maximum atomic E-state index is 12.2. The second-order valence-corrected chi connectivity index (χ2v) is 1.55. The lowest BCUT2D eigenvalue weighted by Gasteiger charge is -1.87. The van der Waals surface area contributed by atoms with Crippen LogP contribution in [0.4, 0.5) is 10.1 Å². The van der Waals surface area contributed by atoms with Crippen molar-refractivity contribution in [1.82, 2.24) is 4.98 Å². The van der Waals surface area contributed by atoms with E-state index in [1.165, 1.54) is 6.20 Å². The third kappa shape index (κ3) is 1.43. The quantitative estimate of drug-likeness (QED) is 0.333. The SMILES string of the molecule is [N-]=[N+]=Nc1cncc(F)c1. The first-order chi connectivity index (χ1) is 4.83. The summed E-state index contributed by atoms with van der Waals surface area (Å²) in [6.07, 6.45) is 2.32. The van der Waals surface area contributed by atoms with Crippen LogP contribution in [0, 0.1) is 5.82 Å². The highest BCUT2D eigenvalue weighted by Gasteiger charge is 1.90. The molecule has 1 heterocycles. The Balaban J connectivity index is 3.06. The van der Waals surface area contributed by atoms with Crippen LogP contribution in [0.2, 0.25) is 0 Å². The van der Waals surface area contributed by atoms with Gasteiger partial charge in [-0.3, -0.25) is 4.98 Å². The molecular weight excluding hydrogens is 135 g/mol. The molecule has 1 rings (SSSR count). The van der Waals surface area contributed by atoms with E-state index in [2.05, 4.69) is 15.0 Å². The molecule has 0 bridgehead atoms. The predicted octanol–water partition coefficient (Wildman–Crippen LogP) is 2.16. The minimum atomic E-state index is -0.509. The molecule has 0 spiro atoms. The van der Waals surface area contributed by atoms with Crippen molar-refractivity contribution in [3.8, 4) is 0 Å². The first kappa shape index (κ1) is 6.51. The Hall–Kier alpha value is -1.61. The van der Waals surface area contributed by atoms with Gasteiger partial charge in [0.05, 0.1) is 11.9 Å². The van der Waals surface area contributed by atoms with Gasteiger partial charge < -0.3 is 0 Å². The zero-order valence-corrected chi connectivity index (χ0v) is 4.90. The normalized spacial score (nSPS) is 8.50. The third-order valence-corrected chi connectivity index (χ3v) is 0.851. The molecule has 0 N–H and O–H groups in total. The molecule has 0 fully saturated rings. The molecule has 0 atom stereocenters. The largest absolute Gasteiger partial charge is 0.261 e. The summed E-state index contributed by atoms with van der Waals surface area (Å²) < 4.78 is 12.2. The van der Waals surface area contributed by atoms with Crippen molar-refractivity contribution in [2.24, 2.45) is 5.11 Å². The second kappa shape index (κ2) is 2.80. The maximum absolute atomic E-state index is 12.2. The Kier molecular flexibility index (Phi) is 1.82. The molecule has 0 aliphatic heterocycles. The molecule has 4 nitrogen and oxygen atoms in total. The van der Waals surface area contributed by atoms with Gasteiger partial charge in [-0.05, 0) is 11.6 Å². The standard InChI is InChI=1S/C5H3FN4/c6-4-1-5(9-10-7)3-8-2-4/h1-3H. The molecule has 0 radical (unpaired) electrons. The number of hydrogen-bond donors (Lipinski definition) is 0. The van der Waals surface area contributed by atoms with Crippen molar-refractivity contribution >= 4 is 5.69 Å². The molecular formula is C5H3FN4. The van der Waals surface area contributed by atoms with Gasteiger partial charge in [-0.15, -0.1) is 0 Å². The Morgan fingerprint density at radius 3 is 3.00 bits per heavy atom. The van der Waals surface area contributed by atoms with Gasteiger partial charge in [-0.25, -0.2) is 4.39 Å². The third-order valence-electron chi connectivity index (χ3n) is 0.851. The molecule has 50 valence electrons. The Morgan fingerprint density at radius 2 is 2.40 bits per heavy atom. The zero-order valence-electron chi connectivity index (χ0n) is 4.90. The Labute approximate surface area is 56.0 Å². The van der Waals surface area contributed by atoms with Crippen LogP contribution in [0.3, 0.4) is 0 Å². The minimum absolute atomic E-state index is 0.183. The average molecular weight is 138 g/mol. The summed E-state index contributed by atoms with van der Waals surface area (Å²) in [6, 6.07) is 1.10. The number of pyridine rings is 1. The number of halogens is 1. The van der Waals surface area contributed by atoms with E-state index in [9.17, 15) is 4.39 Å². The Morgan fingerprint density at radius 1 is 1.60 bits per heavy atom. The zero-order chi connectivity index (χ0) is 7.40. The van der Waals surface area contributed by atoms with Crippen molar-refractivity contribution in [3.05, 3.63) is 34.7 Å². The number of nitrogens with zero attached hydrogens (tertiary/aromatic N) is 4. The lowest BCUT2D eigenvalue weighted by atomic mass is 10.4. The van der Waals surface area contributed by atoms with Crippen LogP contribution in [-0.4, -0.2) is 4.98 Å². The Bertz CT molecular complexity index is 279. The van der Waals surface area contributed by atoms with E-state index in [-0.39, 0.29) is 5.69 Å². The minimum Gasteiger partial charge on any atom is -0.261 e. The molecule has 10 heavy (non-hydrogen) atoms. The van der Waals surface area contributed by atoms with Crippen LogP contribution in [0.25, 0.3) is 10.4 Å². The topological polar surface area (TPSA) is 61.7 Å². The molecule has 0 saturated carbocycles. The smallest absolute Gasteiger partial charge is 0.141 e. The average Bonchev–Trinajstić information content (AvgIpc) is 1.88. The molecule has 5 heteroatoms. The van der Waals surface area contributed by atoms with Crippen LogP contribution in [-0.2, 0) is 0 Å². The lowest BCUT2D eigenvalue weighted by molar-refractivity contribution is 0.622. The van der Waals surface area contributed by atoms with Crippen LogP contribution >= 0.6 is 0 Å². The first-order valence-electron chi connectivity index (χ1n) is 2.48. The van der Waals surface area contributed by atoms with E-state index >= 15 is 0 Å². The fourth-order valence-electron chi connectivity index (χ4n) is 0.507. The van der Waals surface area contributed by atoms with E-state index < -0.39 is 5.82 Å². The van der Waals surface area contributed by atoms with Crippen LogP contribution < -0.4 is 0 Å². The first-order valence-corrected chi connectivity index (χ1v) is 2.48. The molecule has 0 aliphatic rings. The van der Waals surface area contributed by atoms with E-state index in [0.29, 0.717) is 0 Å². The summed E-state index contributed by atoms with van der Waals surface area (Å²) in [6.45, 7) is 0. The van der Waals surface area contributed by atoms with Crippen LogP contribution in [0.5, 0.6) is 0 Å². The maximum Gasteiger partial charge on any atom is 0.141 e.